The van der Waals surface area contributed by atoms with Gasteiger partial charge in [-0.2, -0.15) is 0 Å². The molecule has 0 saturated carbocycles. The van der Waals surface area contributed by atoms with Crippen LogP contribution in [0.5, 0.6) is 0 Å². The molecule has 0 bridgehead atoms. The van der Waals surface area contributed by atoms with Gasteiger partial charge in [0.05, 0.1) is 13.2 Å². The van der Waals surface area contributed by atoms with E-state index in [-0.39, 0.29) is 19.7 Å². The number of nitrogens with zero attached hydrogens (tertiary/aromatic N) is 1. The molecule has 184 valence electrons. The second-order valence-corrected chi connectivity index (χ2v) is 8.85. The van der Waals surface area contributed by atoms with Gasteiger partial charge in [-0.05, 0) is 57.0 Å². The van der Waals surface area contributed by atoms with Gasteiger partial charge in [0.2, 0.25) is 0 Å². The van der Waals surface area contributed by atoms with Crippen molar-refractivity contribution in [3.63, 3.8) is 0 Å². The van der Waals surface area contributed by atoms with Gasteiger partial charge in [-0.3, -0.25) is 10.2 Å². The van der Waals surface area contributed by atoms with Crippen molar-refractivity contribution in [1.82, 2.24) is 10.4 Å². The van der Waals surface area contributed by atoms with Crippen LogP contribution in [-0.2, 0) is 30.4 Å². The molecule has 8 nitrogen and oxygen atoms in total. The van der Waals surface area contributed by atoms with Crippen molar-refractivity contribution in [3.8, 4) is 11.1 Å². The van der Waals surface area contributed by atoms with Gasteiger partial charge in [-0.15, -0.1) is 0 Å². The molecule has 34 heavy (non-hydrogen) atoms. The molecule has 1 unspecified atom stereocenters. The highest BCUT2D eigenvalue weighted by Gasteiger charge is 2.27. The number of halogens is 2. The quantitative estimate of drug-likeness (QED) is 0.329. The highest BCUT2D eigenvalue weighted by molar-refractivity contribution is 6.32. The standard InChI is InChI=1S/C24H28ClFN2O6/c1-5-33-22(31)20(29)14-28(27-21(30)23(32)34-24(2,3)4)13-15-6-8-16(9-7-15)18-12-17(25)10-11-19(18)26/h6-12,20,29H,5,13-14H2,1-4H3,(H,27,30). The van der Waals surface area contributed by atoms with Crippen LogP contribution in [0.1, 0.15) is 33.3 Å². The summed E-state index contributed by atoms with van der Waals surface area (Å²) in [6, 6.07) is 10.9. The molecule has 0 radical (unpaired) electrons. The Hall–Kier alpha value is -3.01. The van der Waals surface area contributed by atoms with Crippen LogP contribution in [0.2, 0.25) is 5.02 Å². The number of carbonyl (C=O) groups is 3. The summed E-state index contributed by atoms with van der Waals surface area (Å²) >= 11 is 5.96. The molecule has 0 heterocycles. The fraction of sp³-hybridized carbons (Fsp3) is 0.375. The number of ether oxygens (including phenoxy) is 2. The Morgan fingerprint density at radius 2 is 1.79 bits per heavy atom. The van der Waals surface area contributed by atoms with Crippen LogP contribution in [0.25, 0.3) is 11.1 Å². The van der Waals surface area contributed by atoms with Gasteiger partial charge in [0.15, 0.2) is 6.10 Å². The van der Waals surface area contributed by atoms with E-state index in [1.54, 1.807) is 52.0 Å². The summed E-state index contributed by atoms with van der Waals surface area (Å²) in [6.45, 7) is 6.18. The molecule has 1 amide bonds. The Balaban J connectivity index is 2.19. The van der Waals surface area contributed by atoms with E-state index in [1.807, 2.05) is 0 Å². The van der Waals surface area contributed by atoms with E-state index in [0.717, 1.165) is 0 Å². The summed E-state index contributed by atoms with van der Waals surface area (Å²) in [6.07, 6.45) is -1.57. The minimum Gasteiger partial charge on any atom is -0.464 e. The summed E-state index contributed by atoms with van der Waals surface area (Å²) in [7, 11) is 0. The van der Waals surface area contributed by atoms with Gasteiger partial charge < -0.3 is 14.6 Å². The molecule has 1 atom stereocenters. The molecule has 2 aromatic rings. The third-order valence-corrected chi connectivity index (χ3v) is 4.60. The van der Waals surface area contributed by atoms with Crippen molar-refractivity contribution in [2.75, 3.05) is 13.2 Å². The number of aliphatic hydroxyl groups excluding tert-OH is 1. The minimum absolute atomic E-state index is 0.0172. The second-order valence-electron chi connectivity index (χ2n) is 8.41. The molecule has 10 heteroatoms. The van der Waals surface area contributed by atoms with Gasteiger partial charge in [-0.1, -0.05) is 35.9 Å². The van der Waals surface area contributed by atoms with Crippen LogP contribution >= 0.6 is 11.6 Å². The number of nitrogens with one attached hydrogen (secondary N) is 1. The number of hydrogen-bond donors (Lipinski definition) is 2. The SMILES string of the molecule is CCOC(=O)C(O)CN(Cc1ccc(-c2cc(Cl)ccc2F)cc1)NC(=O)C(=O)OC(C)(C)C. The fourth-order valence-corrected chi connectivity index (χ4v) is 3.09. The number of aliphatic hydroxyl groups is 1. The molecule has 0 aliphatic rings. The number of benzene rings is 2. The van der Waals surface area contributed by atoms with E-state index in [9.17, 15) is 23.9 Å². The second kappa shape index (κ2) is 11.9. The first-order chi connectivity index (χ1) is 15.9. The number of rotatable bonds is 8. The number of carbonyl (C=O) groups excluding carboxylic acids is 3. The average molecular weight is 495 g/mol. The van der Waals surface area contributed by atoms with Crippen molar-refractivity contribution in [3.05, 3.63) is 58.9 Å². The topological polar surface area (TPSA) is 105 Å². The average Bonchev–Trinajstić information content (AvgIpc) is 2.75. The van der Waals surface area contributed by atoms with Crippen molar-refractivity contribution in [2.24, 2.45) is 0 Å². The largest absolute Gasteiger partial charge is 0.464 e. The molecule has 0 aliphatic heterocycles. The summed E-state index contributed by atoms with van der Waals surface area (Å²) in [4.78, 5) is 36.2. The van der Waals surface area contributed by atoms with Crippen LogP contribution in [0, 0.1) is 5.82 Å². The molecule has 0 spiro atoms. The molecule has 2 aromatic carbocycles. The molecule has 2 N–H and O–H groups in total. The van der Waals surface area contributed by atoms with Gasteiger partial charge >= 0.3 is 17.8 Å². The van der Waals surface area contributed by atoms with Crippen LogP contribution < -0.4 is 5.43 Å². The Bertz CT molecular complexity index is 1020. The first kappa shape index (κ1) is 27.2. The molecular formula is C24H28ClFN2O6. The molecular weight excluding hydrogens is 467 g/mol. The maximum absolute atomic E-state index is 14.2. The Labute approximate surface area is 202 Å². The highest BCUT2D eigenvalue weighted by atomic mass is 35.5. The zero-order valence-corrected chi connectivity index (χ0v) is 20.2. The van der Waals surface area contributed by atoms with E-state index in [0.29, 0.717) is 21.7 Å². The van der Waals surface area contributed by atoms with Crippen LogP contribution in [0.3, 0.4) is 0 Å². The lowest BCUT2D eigenvalue weighted by molar-refractivity contribution is -0.166. The minimum atomic E-state index is -1.57. The molecule has 0 fully saturated rings. The number of hydrogen-bond acceptors (Lipinski definition) is 7. The summed E-state index contributed by atoms with van der Waals surface area (Å²) in [5.74, 6) is -3.48. The third-order valence-electron chi connectivity index (χ3n) is 4.36. The van der Waals surface area contributed by atoms with E-state index >= 15 is 0 Å². The molecule has 2 rings (SSSR count). The van der Waals surface area contributed by atoms with Crippen LogP contribution in [0.4, 0.5) is 4.39 Å². The first-order valence-electron chi connectivity index (χ1n) is 10.6. The lowest BCUT2D eigenvalue weighted by Crippen LogP contribution is -2.50. The lowest BCUT2D eigenvalue weighted by Gasteiger charge is -2.26. The maximum atomic E-state index is 14.2. The van der Waals surface area contributed by atoms with Gasteiger partial charge in [-0.25, -0.2) is 19.0 Å². The molecule has 0 aromatic heterocycles. The molecule has 0 saturated heterocycles. The number of hydrazine groups is 1. The van der Waals surface area contributed by atoms with E-state index in [1.165, 1.54) is 23.2 Å². The van der Waals surface area contributed by atoms with Crippen molar-refractivity contribution in [2.45, 2.75) is 45.9 Å². The normalized spacial score (nSPS) is 12.2. The summed E-state index contributed by atoms with van der Waals surface area (Å²) in [5.41, 5.74) is 3.03. The zero-order chi connectivity index (χ0) is 25.5. The Morgan fingerprint density at radius 1 is 1.15 bits per heavy atom. The Kier molecular flexibility index (Phi) is 9.55. The first-order valence-corrected chi connectivity index (χ1v) is 11.0. The zero-order valence-electron chi connectivity index (χ0n) is 19.4. The van der Waals surface area contributed by atoms with Crippen molar-refractivity contribution in [1.29, 1.82) is 0 Å². The van der Waals surface area contributed by atoms with E-state index in [4.69, 9.17) is 21.1 Å². The van der Waals surface area contributed by atoms with Crippen LogP contribution in [-0.4, -0.2) is 52.8 Å². The smallest absolute Gasteiger partial charge is 0.398 e. The lowest BCUT2D eigenvalue weighted by atomic mass is 10.0. The fourth-order valence-electron chi connectivity index (χ4n) is 2.91. The van der Waals surface area contributed by atoms with Gasteiger partial charge in [0, 0.05) is 17.1 Å². The maximum Gasteiger partial charge on any atom is 0.398 e. The predicted octanol–water partition coefficient (Wildman–Crippen LogP) is 3.25. The Morgan fingerprint density at radius 3 is 2.38 bits per heavy atom. The van der Waals surface area contributed by atoms with Crippen molar-refractivity contribution < 1.29 is 33.4 Å². The number of amides is 1. The van der Waals surface area contributed by atoms with Gasteiger partial charge in [0.1, 0.15) is 11.4 Å². The van der Waals surface area contributed by atoms with E-state index < -0.39 is 35.4 Å². The van der Waals surface area contributed by atoms with E-state index in [2.05, 4.69) is 5.43 Å². The number of esters is 2. The highest BCUT2D eigenvalue weighted by Crippen LogP contribution is 2.26. The summed E-state index contributed by atoms with van der Waals surface area (Å²) < 4.78 is 24.0. The predicted molar refractivity (Wildman–Crippen MR) is 124 cm³/mol. The van der Waals surface area contributed by atoms with Crippen molar-refractivity contribution >= 4 is 29.4 Å². The summed E-state index contributed by atoms with van der Waals surface area (Å²) in [5, 5.41) is 11.7. The molecule has 0 aliphatic carbocycles. The third kappa shape index (κ3) is 8.40. The van der Waals surface area contributed by atoms with Gasteiger partial charge in [0.25, 0.3) is 0 Å². The van der Waals surface area contributed by atoms with Crippen LogP contribution in [0.15, 0.2) is 42.5 Å². The monoisotopic (exact) mass is 494 g/mol.